The third kappa shape index (κ3) is 2.34. The number of likely N-dealkylation sites (tertiary alicyclic amines) is 1. The molecule has 1 N–H and O–H groups in total. The second-order valence-electron chi connectivity index (χ2n) is 5.20. The van der Waals surface area contributed by atoms with Crippen molar-refractivity contribution in [3.8, 4) is 0 Å². The van der Waals surface area contributed by atoms with Crippen molar-refractivity contribution < 1.29 is 0 Å². The summed E-state index contributed by atoms with van der Waals surface area (Å²) in [6, 6.07) is 6.43. The van der Waals surface area contributed by atoms with Gasteiger partial charge >= 0.3 is 0 Å². The Morgan fingerprint density at radius 2 is 2.39 bits per heavy atom. The lowest BCUT2D eigenvalue weighted by Crippen LogP contribution is -2.34. The Morgan fingerprint density at radius 3 is 3.11 bits per heavy atom. The molecule has 0 spiro atoms. The van der Waals surface area contributed by atoms with E-state index in [9.17, 15) is 0 Å². The maximum absolute atomic E-state index is 4.06. The predicted molar refractivity (Wildman–Crippen MR) is 71.3 cm³/mol. The molecule has 0 bridgehead atoms. The van der Waals surface area contributed by atoms with Crippen molar-refractivity contribution in [2.75, 3.05) is 13.1 Å². The maximum Gasteiger partial charge on any atom is 0.0490 e. The number of nitrogens with zero attached hydrogens (tertiary/aromatic N) is 3. The molecule has 0 aromatic carbocycles. The van der Waals surface area contributed by atoms with Crippen LogP contribution in [-0.2, 0) is 13.6 Å². The molecule has 1 atom stereocenters. The van der Waals surface area contributed by atoms with Gasteiger partial charge in [0, 0.05) is 49.8 Å². The highest BCUT2D eigenvalue weighted by atomic mass is 15.2. The summed E-state index contributed by atoms with van der Waals surface area (Å²) in [5.74, 6) is 0.613. The molecule has 0 aliphatic carbocycles. The average molecular weight is 244 g/mol. The van der Waals surface area contributed by atoms with Gasteiger partial charge in [-0.2, -0.15) is 5.10 Å². The van der Waals surface area contributed by atoms with Crippen LogP contribution < -0.4 is 0 Å². The van der Waals surface area contributed by atoms with Crippen LogP contribution >= 0.6 is 0 Å². The Hall–Kier alpha value is -1.55. The lowest BCUT2D eigenvalue weighted by Gasteiger charge is -2.32. The van der Waals surface area contributed by atoms with E-state index in [0.29, 0.717) is 5.92 Å². The number of piperidine rings is 1. The van der Waals surface area contributed by atoms with Crippen LogP contribution in [0.15, 0.2) is 30.6 Å². The van der Waals surface area contributed by atoms with Gasteiger partial charge in [0.25, 0.3) is 0 Å². The van der Waals surface area contributed by atoms with E-state index in [0.717, 1.165) is 13.1 Å². The van der Waals surface area contributed by atoms with Gasteiger partial charge in [-0.1, -0.05) is 0 Å². The molecule has 0 saturated carbocycles. The highest BCUT2D eigenvalue weighted by Gasteiger charge is 2.22. The highest BCUT2D eigenvalue weighted by Crippen LogP contribution is 2.26. The number of nitrogens with one attached hydrogen (secondary N) is 1. The smallest absolute Gasteiger partial charge is 0.0490 e. The number of aromatic amines is 1. The van der Waals surface area contributed by atoms with Gasteiger partial charge in [0.05, 0.1) is 0 Å². The number of hydrogen-bond acceptors (Lipinski definition) is 2. The fraction of sp³-hybridized carbons (Fsp3) is 0.500. The SMILES string of the molecule is Cn1cccc1CN1CCC[C@@H](c2ccn[nH]2)C1. The quantitative estimate of drug-likeness (QED) is 0.898. The number of aromatic nitrogens is 3. The molecule has 18 heavy (non-hydrogen) atoms. The van der Waals surface area contributed by atoms with Gasteiger partial charge in [0.2, 0.25) is 0 Å². The standard InChI is InChI=1S/C14H20N4/c1-17-8-3-5-13(17)11-18-9-2-4-12(10-18)14-6-7-15-16-14/h3,5-8,12H,2,4,9-11H2,1H3,(H,15,16)/t12-/m1/s1. The first kappa shape index (κ1) is 11.5. The fourth-order valence-corrected chi connectivity index (χ4v) is 2.84. The van der Waals surface area contributed by atoms with Crippen LogP contribution in [0.4, 0.5) is 0 Å². The molecule has 1 aliphatic heterocycles. The molecule has 3 heterocycles. The molecule has 0 amide bonds. The Balaban J connectivity index is 1.66. The summed E-state index contributed by atoms with van der Waals surface area (Å²) in [7, 11) is 2.12. The second kappa shape index (κ2) is 4.98. The third-order valence-electron chi connectivity index (χ3n) is 3.90. The molecule has 2 aromatic heterocycles. The first-order valence-corrected chi connectivity index (χ1v) is 6.65. The second-order valence-corrected chi connectivity index (χ2v) is 5.20. The van der Waals surface area contributed by atoms with E-state index >= 15 is 0 Å². The van der Waals surface area contributed by atoms with Crippen molar-refractivity contribution in [1.82, 2.24) is 19.7 Å². The normalized spacial score (nSPS) is 21.3. The molecule has 2 aromatic rings. The molecule has 96 valence electrons. The Labute approximate surface area is 108 Å². The fourth-order valence-electron chi connectivity index (χ4n) is 2.84. The van der Waals surface area contributed by atoms with Crippen molar-refractivity contribution >= 4 is 0 Å². The predicted octanol–water partition coefficient (Wildman–Crippen LogP) is 2.13. The molecule has 0 radical (unpaired) electrons. The Bertz CT molecular complexity index is 486. The van der Waals surface area contributed by atoms with Gasteiger partial charge in [-0.05, 0) is 37.6 Å². The summed E-state index contributed by atoms with van der Waals surface area (Å²) in [6.07, 6.45) is 6.51. The Morgan fingerprint density at radius 1 is 1.44 bits per heavy atom. The average Bonchev–Trinajstić information content (AvgIpc) is 3.02. The van der Waals surface area contributed by atoms with Crippen LogP contribution in [0.1, 0.15) is 30.1 Å². The van der Waals surface area contributed by atoms with Crippen molar-refractivity contribution in [3.05, 3.63) is 42.0 Å². The van der Waals surface area contributed by atoms with Gasteiger partial charge in [0.1, 0.15) is 0 Å². The lowest BCUT2D eigenvalue weighted by molar-refractivity contribution is 0.195. The van der Waals surface area contributed by atoms with Crippen LogP contribution in [-0.4, -0.2) is 32.8 Å². The topological polar surface area (TPSA) is 36.9 Å². The summed E-state index contributed by atoms with van der Waals surface area (Å²) < 4.78 is 2.21. The third-order valence-corrected chi connectivity index (χ3v) is 3.90. The van der Waals surface area contributed by atoms with Crippen LogP contribution in [0.25, 0.3) is 0 Å². The molecule has 1 saturated heterocycles. The zero-order valence-corrected chi connectivity index (χ0v) is 10.8. The van der Waals surface area contributed by atoms with Crippen LogP contribution in [0.3, 0.4) is 0 Å². The van der Waals surface area contributed by atoms with Gasteiger partial charge < -0.3 is 4.57 Å². The van der Waals surface area contributed by atoms with Gasteiger partial charge in [-0.25, -0.2) is 0 Å². The van der Waals surface area contributed by atoms with Crippen molar-refractivity contribution in [2.45, 2.75) is 25.3 Å². The van der Waals surface area contributed by atoms with Crippen LogP contribution in [0, 0.1) is 0 Å². The molecule has 4 nitrogen and oxygen atoms in total. The molecule has 0 unspecified atom stereocenters. The minimum Gasteiger partial charge on any atom is -0.353 e. The number of aryl methyl sites for hydroxylation is 1. The first-order chi connectivity index (χ1) is 8.83. The number of H-pyrrole nitrogens is 1. The number of hydrogen-bond donors (Lipinski definition) is 1. The van der Waals surface area contributed by atoms with E-state index in [2.05, 4.69) is 51.1 Å². The summed E-state index contributed by atoms with van der Waals surface area (Å²) >= 11 is 0. The summed E-state index contributed by atoms with van der Waals surface area (Å²) in [5, 5.41) is 7.18. The minimum atomic E-state index is 0.613. The van der Waals surface area contributed by atoms with Crippen LogP contribution in [0.5, 0.6) is 0 Å². The van der Waals surface area contributed by atoms with E-state index < -0.39 is 0 Å². The molecular formula is C14H20N4. The monoisotopic (exact) mass is 244 g/mol. The maximum atomic E-state index is 4.06. The van der Waals surface area contributed by atoms with Crippen LogP contribution in [0.2, 0.25) is 0 Å². The highest BCUT2D eigenvalue weighted by molar-refractivity contribution is 5.10. The largest absolute Gasteiger partial charge is 0.353 e. The van der Waals surface area contributed by atoms with E-state index in [-0.39, 0.29) is 0 Å². The zero-order chi connectivity index (χ0) is 12.4. The van der Waals surface area contributed by atoms with Crippen molar-refractivity contribution in [2.24, 2.45) is 7.05 Å². The minimum absolute atomic E-state index is 0.613. The summed E-state index contributed by atoms with van der Waals surface area (Å²) in [5.41, 5.74) is 2.67. The van der Waals surface area contributed by atoms with E-state index in [1.807, 2.05) is 6.20 Å². The van der Waals surface area contributed by atoms with Crippen molar-refractivity contribution in [3.63, 3.8) is 0 Å². The summed E-state index contributed by atoms with van der Waals surface area (Å²) in [4.78, 5) is 2.55. The van der Waals surface area contributed by atoms with Crippen molar-refractivity contribution in [1.29, 1.82) is 0 Å². The molecule has 3 rings (SSSR count). The molecule has 4 heteroatoms. The molecule has 1 fully saturated rings. The Kier molecular flexibility index (Phi) is 3.19. The van der Waals surface area contributed by atoms with Gasteiger partial charge in [0.15, 0.2) is 0 Å². The van der Waals surface area contributed by atoms with Gasteiger partial charge in [-0.3, -0.25) is 10.00 Å². The van der Waals surface area contributed by atoms with E-state index in [4.69, 9.17) is 0 Å². The summed E-state index contributed by atoms with van der Waals surface area (Å²) in [6.45, 7) is 3.39. The van der Waals surface area contributed by atoms with E-state index in [1.54, 1.807) is 0 Å². The van der Waals surface area contributed by atoms with E-state index in [1.165, 1.54) is 30.8 Å². The molecular weight excluding hydrogens is 224 g/mol. The molecule has 1 aliphatic rings. The number of rotatable bonds is 3. The zero-order valence-electron chi connectivity index (χ0n) is 10.8. The first-order valence-electron chi connectivity index (χ1n) is 6.65. The lowest BCUT2D eigenvalue weighted by atomic mass is 9.95. The van der Waals surface area contributed by atoms with Gasteiger partial charge in [-0.15, -0.1) is 0 Å².